The molecule has 0 aromatic heterocycles. The summed E-state index contributed by atoms with van der Waals surface area (Å²) in [6.45, 7) is 4.87. The highest BCUT2D eigenvalue weighted by atomic mass is 16.5. The van der Waals surface area contributed by atoms with E-state index in [-0.39, 0.29) is 0 Å². The summed E-state index contributed by atoms with van der Waals surface area (Å²) in [4.78, 5) is 49.8. The Kier molecular flexibility index (Phi) is 7.79. The molecule has 4 amide bonds. The van der Waals surface area contributed by atoms with Gasteiger partial charge >= 0.3 is 12.0 Å². The van der Waals surface area contributed by atoms with Crippen molar-refractivity contribution in [3.05, 3.63) is 29.8 Å². The van der Waals surface area contributed by atoms with Gasteiger partial charge in [0.1, 0.15) is 17.8 Å². The third kappa shape index (κ3) is 5.28. The molecule has 9 nitrogen and oxygen atoms in total. The number of ether oxygens (including phenoxy) is 2. The van der Waals surface area contributed by atoms with E-state index in [1.807, 2.05) is 24.3 Å². The topological polar surface area (TPSA) is 114 Å². The fourth-order valence-electron chi connectivity index (χ4n) is 3.23. The van der Waals surface area contributed by atoms with Crippen molar-refractivity contribution >= 4 is 23.8 Å². The second-order valence-electron chi connectivity index (χ2n) is 7.13. The first kappa shape index (κ1) is 23.2. The van der Waals surface area contributed by atoms with Crippen molar-refractivity contribution in [2.24, 2.45) is 0 Å². The Hall–Kier alpha value is -3.10. The van der Waals surface area contributed by atoms with E-state index in [4.69, 9.17) is 9.47 Å². The summed E-state index contributed by atoms with van der Waals surface area (Å²) in [7, 11) is 1.59. The van der Waals surface area contributed by atoms with E-state index in [0.717, 1.165) is 16.2 Å². The lowest BCUT2D eigenvalue weighted by Gasteiger charge is -2.23. The number of hydrogen-bond acceptors (Lipinski definition) is 6. The summed E-state index contributed by atoms with van der Waals surface area (Å²) >= 11 is 0. The number of imide groups is 1. The predicted molar refractivity (Wildman–Crippen MR) is 109 cm³/mol. The fraction of sp³-hybridized carbons (Fsp3) is 0.524. The molecule has 2 N–H and O–H groups in total. The third-order valence-electron chi connectivity index (χ3n) is 5.29. The number of hydrogen-bond donors (Lipinski definition) is 2. The quantitative estimate of drug-likeness (QED) is 0.438. The lowest BCUT2D eigenvalue weighted by Crippen LogP contribution is -2.46. The van der Waals surface area contributed by atoms with E-state index in [9.17, 15) is 19.2 Å². The third-order valence-corrected chi connectivity index (χ3v) is 5.29. The highest BCUT2D eigenvalue weighted by Crippen LogP contribution is 2.24. The number of carbonyl (C=O) groups is 4. The van der Waals surface area contributed by atoms with Gasteiger partial charge in [-0.15, -0.1) is 0 Å². The van der Waals surface area contributed by atoms with E-state index in [1.54, 1.807) is 21.0 Å². The maximum absolute atomic E-state index is 12.5. The van der Waals surface area contributed by atoms with Gasteiger partial charge in [0.2, 0.25) is 0 Å². The Balaban J connectivity index is 1.79. The first-order valence-electron chi connectivity index (χ1n) is 10.0. The first-order chi connectivity index (χ1) is 14.3. The van der Waals surface area contributed by atoms with Crippen LogP contribution in [0, 0.1) is 0 Å². The lowest BCUT2D eigenvalue weighted by atomic mass is 9.93. The molecule has 0 spiro atoms. The number of nitrogens with one attached hydrogen (secondary N) is 2. The molecule has 0 bridgehead atoms. The van der Waals surface area contributed by atoms with E-state index in [0.29, 0.717) is 25.8 Å². The first-order valence-corrected chi connectivity index (χ1v) is 10.0. The number of amides is 4. The molecule has 0 aliphatic carbocycles. The number of rotatable bonds is 10. The van der Waals surface area contributed by atoms with Crippen LogP contribution in [0.15, 0.2) is 24.3 Å². The molecule has 1 saturated heterocycles. The zero-order valence-corrected chi connectivity index (χ0v) is 17.8. The number of benzene rings is 1. The molecule has 30 heavy (non-hydrogen) atoms. The molecule has 1 aliphatic heterocycles. The molecular weight excluding hydrogens is 390 g/mol. The van der Waals surface area contributed by atoms with Gasteiger partial charge in [-0.25, -0.2) is 4.79 Å². The molecule has 0 saturated carbocycles. The maximum Gasteiger partial charge on any atom is 0.327 e. The Morgan fingerprint density at radius 1 is 1.17 bits per heavy atom. The van der Waals surface area contributed by atoms with Gasteiger partial charge in [-0.2, -0.15) is 0 Å². The SMILES string of the molecule is CCC1(CC)NC(=O)N(CC(=O)O[C@@H](C)C(=O)NCCc2ccc(OC)cc2)C1=O. The van der Waals surface area contributed by atoms with Crippen LogP contribution >= 0.6 is 0 Å². The van der Waals surface area contributed by atoms with Gasteiger partial charge in [-0.1, -0.05) is 26.0 Å². The van der Waals surface area contributed by atoms with Crippen LogP contribution in [0.5, 0.6) is 5.75 Å². The van der Waals surface area contributed by atoms with Crippen LogP contribution in [0.3, 0.4) is 0 Å². The average molecular weight is 419 g/mol. The molecule has 1 heterocycles. The van der Waals surface area contributed by atoms with Crippen LogP contribution < -0.4 is 15.4 Å². The van der Waals surface area contributed by atoms with Gasteiger partial charge in [-0.3, -0.25) is 19.3 Å². The predicted octanol–water partition coefficient (Wildman–Crippen LogP) is 1.40. The number of nitrogens with zero attached hydrogens (tertiary/aromatic N) is 1. The highest BCUT2D eigenvalue weighted by Gasteiger charge is 2.49. The molecule has 1 atom stereocenters. The number of esters is 1. The minimum atomic E-state index is -1.05. The minimum absolute atomic E-state index is 0.371. The van der Waals surface area contributed by atoms with E-state index in [2.05, 4.69) is 10.6 Å². The lowest BCUT2D eigenvalue weighted by molar-refractivity contribution is -0.156. The molecule has 1 aliphatic rings. The van der Waals surface area contributed by atoms with Gasteiger partial charge in [0.05, 0.1) is 7.11 Å². The summed E-state index contributed by atoms with van der Waals surface area (Å²) in [6, 6.07) is 6.85. The van der Waals surface area contributed by atoms with Gasteiger partial charge in [-0.05, 0) is 43.9 Å². The smallest absolute Gasteiger partial charge is 0.327 e. The van der Waals surface area contributed by atoms with Gasteiger partial charge in [0, 0.05) is 6.54 Å². The second kappa shape index (κ2) is 10.1. The summed E-state index contributed by atoms with van der Waals surface area (Å²) in [6.07, 6.45) is 0.407. The Bertz CT molecular complexity index is 788. The van der Waals surface area contributed by atoms with Gasteiger partial charge in [0.25, 0.3) is 11.8 Å². The molecule has 1 fully saturated rings. The van der Waals surface area contributed by atoms with Crippen LogP contribution in [0.1, 0.15) is 39.2 Å². The van der Waals surface area contributed by atoms with Crippen molar-refractivity contribution < 1.29 is 28.7 Å². The van der Waals surface area contributed by atoms with E-state index < -0.39 is 42.0 Å². The summed E-state index contributed by atoms with van der Waals surface area (Å²) < 4.78 is 10.2. The molecule has 9 heteroatoms. The molecule has 1 aromatic carbocycles. The van der Waals surface area contributed by atoms with Crippen LogP contribution in [0.25, 0.3) is 0 Å². The number of urea groups is 1. The Morgan fingerprint density at radius 3 is 2.33 bits per heavy atom. The van der Waals surface area contributed by atoms with E-state index >= 15 is 0 Å². The van der Waals surface area contributed by atoms with Crippen LogP contribution in [-0.2, 0) is 25.5 Å². The zero-order chi connectivity index (χ0) is 22.3. The van der Waals surface area contributed by atoms with Crippen molar-refractivity contribution in [2.45, 2.75) is 51.7 Å². The average Bonchev–Trinajstić information content (AvgIpc) is 2.98. The monoisotopic (exact) mass is 419 g/mol. The van der Waals surface area contributed by atoms with Gasteiger partial charge < -0.3 is 20.1 Å². The molecule has 0 radical (unpaired) electrons. The molecule has 2 rings (SSSR count). The van der Waals surface area contributed by atoms with Crippen LogP contribution in [0.2, 0.25) is 0 Å². The van der Waals surface area contributed by atoms with Crippen molar-refractivity contribution in [3.8, 4) is 5.75 Å². The highest BCUT2D eigenvalue weighted by molar-refractivity contribution is 6.08. The molecular formula is C21H29N3O6. The largest absolute Gasteiger partial charge is 0.497 e. The molecule has 164 valence electrons. The van der Waals surface area contributed by atoms with E-state index in [1.165, 1.54) is 6.92 Å². The second-order valence-corrected chi connectivity index (χ2v) is 7.13. The number of carbonyl (C=O) groups excluding carboxylic acids is 4. The maximum atomic E-state index is 12.5. The number of methoxy groups -OCH3 is 1. The molecule has 0 unspecified atom stereocenters. The minimum Gasteiger partial charge on any atom is -0.497 e. The van der Waals surface area contributed by atoms with Crippen molar-refractivity contribution in [2.75, 3.05) is 20.2 Å². The Labute approximate surface area is 176 Å². The van der Waals surface area contributed by atoms with Crippen molar-refractivity contribution in [1.29, 1.82) is 0 Å². The van der Waals surface area contributed by atoms with Crippen LogP contribution in [0.4, 0.5) is 4.79 Å². The fourth-order valence-corrected chi connectivity index (χ4v) is 3.23. The van der Waals surface area contributed by atoms with Crippen LogP contribution in [-0.4, -0.2) is 60.6 Å². The Morgan fingerprint density at radius 2 is 1.80 bits per heavy atom. The summed E-state index contributed by atoms with van der Waals surface area (Å²) in [5, 5.41) is 5.34. The summed E-state index contributed by atoms with van der Waals surface area (Å²) in [5.41, 5.74) is 0.0385. The van der Waals surface area contributed by atoms with Gasteiger partial charge in [0.15, 0.2) is 6.10 Å². The van der Waals surface area contributed by atoms with Crippen molar-refractivity contribution in [1.82, 2.24) is 15.5 Å². The zero-order valence-electron chi connectivity index (χ0n) is 17.8. The van der Waals surface area contributed by atoms with Crippen molar-refractivity contribution in [3.63, 3.8) is 0 Å². The normalized spacial score (nSPS) is 16.1. The standard InChI is InChI=1S/C21H29N3O6/c1-5-21(6-2)19(27)24(20(28)23-21)13-17(25)30-14(3)18(26)22-12-11-15-7-9-16(29-4)10-8-15/h7-10,14H,5-6,11-13H2,1-4H3,(H,22,26)(H,23,28)/t14-/m0/s1. The summed E-state index contributed by atoms with van der Waals surface area (Å²) in [5.74, 6) is -0.973. The molecule has 1 aromatic rings.